The van der Waals surface area contributed by atoms with Crippen molar-refractivity contribution in [3.63, 3.8) is 0 Å². The maximum absolute atomic E-state index is 5.67. The van der Waals surface area contributed by atoms with Gasteiger partial charge in [0.15, 0.2) is 0 Å². The summed E-state index contributed by atoms with van der Waals surface area (Å²) < 4.78 is 0. The fourth-order valence-corrected chi connectivity index (χ4v) is 11.8. The van der Waals surface area contributed by atoms with Gasteiger partial charge in [0.2, 0.25) is 0 Å². The summed E-state index contributed by atoms with van der Waals surface area (Å²) in [5.74, 6) is 0. The molecule has 0 spiro atoms. The van der Waals surface area contributed by atoms with E-state index in [2.05, 4.69) is 243 Å². The zero-order valence-electron chi connectivity index (χ0n) is 38.0. The van der Waals surface area contributed by atoms with E-state index in [1.54, 1.807) is 0 Å². The first-order valence-electron chi connectivity index (χ1n) is 24.1. The number of rotatable bonds is 4. The van der Waals surface area contributed by atoms with E-state index in [-0.39, 0.29) is 0 Å². The van der Waals surface area contributed by atoms with Gasteiger partial charge in [0.05, 0.1) is 22.2 Å². The zero-order valence-corrected chi connectivity index (χ0v) is 38.0. The zero-order chi connectivity index (χ0) is 45.9. The van der Waals surface area contributed by atoms with Crippen molar-refractivity contribution in [3.05, 3.63) is 243 Å². The molecule has 0 radical (unpaired) electrons. The summed E-state index contributed by atoms with van der Waals surface area (Å²) >= 11 is 0. The molecule has 13 aromatic carbocycles. The van der Waals surface area contributed by atoms with E-state index in [0.717, 1.165) is 66.0 Å². The second-order valence-electron chi connectivity index (χ2n) is 18.7. The van der Waals surface area contributed by atoms with Crippen LogP contribution < -0.4 is 0 Å². The minimum absolute atomic E-state index is 0.934. The standard InChI is InChI=1S/C68H40N2/c1-3-19-49-45(15-1)47-17-5-7-21-51(47)61-37-43(33-35-54(49)61)59-39-63-60(44-34-36-55-50-20-4-2-16-46(50)48-18-6-8-22-52(48)62(55)38-44)40-66(70-68(63)56-24-10-9-23-53(56)59)41-29-31-42(32-30-41)67-57-25-11-13-27-64(57)69-65-28-14-12-26-58(65)67/h1-40H. The fraction of sp³-hybridized carbons (Fsp3) is 0. The lowest BCUT2D eigenvalue weighted by molar-refractivity contribution is 1.41. The SMILES string of the molecule is c1ccc2c(-c3ccc(-c4cc(-c5ccc6c7ccccc7c7ccccc7c6c5)c5cc(-c6ccc7c8ccccc8c8ccccc8c7c6)c6ccccc6c5n4)cc3)c3ccccc3nc2c1. The van der Waals surface area contributed by atoms with Crippen LogP contribution in [0.1, 0.15) is 0 Å². The topological polar surface area (TPSA) is 25.8 Å². The van der Waals surface area contributed by atoms with Crippen molar-refractivity contribution in [1.29, 1.82) is 0 Å². The minimum Gasteiger partial charge on any atom is -0.248 e. The van der Waals surface area contributed by atoms with Crippen LogP contribution in [0.3, 0.4) is 0 Å². The third kappa shape index (κ3) is 5.81. The molecule has 0 bridgehead atoms. The average molecular weight is 885 g/mol. The van der Waals surface area contributed by atoms with Gasteiger partial charge in [-0.2, -0.15) is 0 Å². The highest BCUT2D eigenvalue weighted by atomic mass is 14.7. The van der Waals surface area contributed by atoms with Gasteiger partial charge >= 0.3 is 0 Å². The first-order chi connectivity index (χ1) is 34.7. The molecule has 2 heterocycles. The van der Waals surface area contributed by atoms with Crippen LogP contribution in [0.5, 0.6) is 0 Å². The average Bonchev–Trinajstić information content (AvgIpc) is 3.44. The highest BCUT2D eigenvalue weighted by molar-refractivity contribution is 6.28. The molecule has 0 atom stereocenters. The van der Waals surface area contributed by atoms with Crippen LogP contribution in [0.4, 0.5) is 0 Å². The lowest BCUT2D eigenvalue weighted by Crippen LogP contribution is -1.94. The molecule has 0 aliphatic heterocycles. The van der Waals surface area contributed by atoms with E-state index in [4.69, 9.17) is 9.97 Å². The summed E-state index contributed by atoms with van der Waals surface area (Å²) in [5.41, 5.74) is 12.0. The van der Waals surface area contributed by atoms with Crippen LogP contribution in [0, 0.1) is 0 Å². The molecule has 0 saturated carbocycles. The normalized spacial score (nSPS) is 12.0. The Balaban J connectivity index is 0.994. The molecule has 0 N–H and O–H groups in total. The third-order valence-electron chi connectivity index (χ3n) is 15.0. The summed E-state index contributed by atoms with van der Waals surface area (Å²) in [6.45, 7) is 0. The molecular weight excluding hydrogens is 845 g/mol. The quantitative estimate of drug-likeness (QED) is 0.130. The van der Waals surface area contributed by atoms with Crippen LogP contribution in [-0.2, 0) is 0 Å². The summed E-state index contributed by atoms with van der Waals surface area (Å²) in [6.07, 6.45) is 0. The number of hydrogen-bond acceptors (Lipinski definition) is 2. The fourth-order valence-electron chi connectivity index (χ4n) is 11.8. The largest absolute Gasteiger partial charge is 0.248 e. The Morgan fingerprint density at radius 1 is 0.200 bits per heavy atom. The minimum atomic E-state index is 0.934. The van der Waals surface area contributed by atoms with Gasteiger partial charge in [-0.25, -0.2) is 9.97 Å². The monoisotopic (exact) mass is 884 g/mol. The molecule has 0 fully saturated rings. The van der Waals surface area contributed by atoms with E-state index >= 15 is 0 Å². The third-order valence-corrected chi connectivity index (χ3v) is 15.0. The maximum atomic E-state index is 5.67. The number of pyridine rings is 2. The first-order valence-corrected chi connectivity index (χ1v) is 24.1. The van der Waals surface area contributed by atoms with Crippen molar-refractivity contribution in [2.45, 2.75) is 0 Å². The van der Waals surface area contributed by atoms with Gasteiger partial charge < -0.3 is 0 Å². The molecule has 2 nitrogen and oxygen atoms in total. The summed E-state index contributed by atoms with van der Waals surface area (Å²) in [4.78, 5) is 10.7. The van der Waals surface area contributed by atoms with Gasteiger partial charge in [-0.3, -0.25) is 0 Å². The van der Waals surface area contributed by atoms with Crippen LogP contribution in [0.2, 0.25) is 0 Å². The van der Waals surface area contributed by atoms with Crippen LogP contribution >= 0.6 is 0 Å². The van der Waals surface area contributed by atoms with E-state index in [1.165, 1.54) is 86.7 Å². The van der Waals surface area contributed by atoms with Gasteiger partial charge in [-0.05, 0) is 134 Å². The van der Waals surface area contributed by atoms with E-state index in [9.17, 15) is 0 Å². The molecule has 15 aromatic rings. The molecule has 15 rings (SSSR count). The Morgan fingerprint density at radius 2 is 0.543 bits per heavy atom. The van der Waals surface area contributed by atoms with E-state index < -0.39 is 0 Å². The molecular formula is C68H40N2. The number of benzene rings is 13. The number of fused-ring (bicyclic) bond motifs is 17. The molecule has 0 amide bonds. The lowest BCUT2D eigenvalue weighted by Gasteiger charge is -2.18. The molecule has 0 aliphatic rings. The number of aromatic nitrogens is 2. The predicted molar refractivity (Wildman–Crippen MR) is 299 cm³/mol. The Bertz CT molecular complexity index is 4580. The van der Waals surface area contributed by atoms with Crippen LogP contribution in [0.15, 0.2) is 243 Å². The van der Waals surface area contributed by atoms with E-state index in [1.807, 2.05) is 0 Å². The first kappa shape index (κ1) is 38.8. The van der Waals surface area contributed by atoms with Crippen molar-refractivity contribution in [3.8, 4) is 44.6 Å². The van der Waals surface area contributed by atoms with Crippen LogP contribution in [0.25, 0.3) is 153 Å². The summed E-state index contributed by atoms with van der Waals surface area (Å²) in [5, 5.41) is 20.9. The van der Waals surface area contributed by atoms with Gasteiger partial charge in [-0.1, -0.05) is 206 Å². The number of para-hydroxylation sites is 2. The van der Waals surface area contributed by atoms with Crippen molar-refractivity contribution in [2.75, 3.05) is 0 Å². The maximum Gasteiger partial charge on any atom is 0.0794 e. The Morgan fingerprint density at radius 3 is 1.01 bits per heavy atom. The summed E-state index contributed by atoms with van der Waals surface area (Å²) in [7, 11) is 0. The van der Waals surface area contributed by atoms with Gasteiger partial charge in [-0.15, -0.1) is 0 Å². The van der Waals surface area contributed by atoms with Gasteiger partial charge in [0.25, 0.3) is 0 Å². The highest BCUT2D eigenvalue weighted by Crippen LogP contribution is 2.45. The predicted octanol–water partition coefficient (Wildman–Crippen LogP) is 18.7. The highest BCUT2D eigenvalue weighted by Gasteiger charge is 2.19. The van der Waals surface area contributed by atoms with Crippen molar-refractivity contribution in [1.82, 2.24) is 9.97 Å². The lowest BCUT2D eigenvalue weighted by atomic mass is 9.87. The number of nitrogens with zero attached hydrogens (tertiary/aromatic N) is 2. The second kappa shape index (κ2) is 15.1. The second-order valence-corrected chi connectivity index (χ2v) is 18.7. The van der Waals surface area contributed by atoms with Crippen molar-refractivity contribution in [2.24, 2.45) is 0 Å². The van der Waals surface area contributed by atoms with Crippen molar-refractivity contribution < 1.29 is 0 Å². The molecule has 0 saturated heterocycles. The number of hydrogen-bond donors (Lipinski definition) is 0. The molecule has 70 heavy (non-hydrogen) atoms. The van der Waals surface area contributed by atoms with Gasteiger partial charge in [0.1, 0.15) is 0 Å². The van der Waals surface area contributed by atoms with Gasteiger partial charge in [0, 0.05) is 32.7 Å². The molecule has 322 valence electrons. The van der Waals surface area contributed by atoms with Crippen molar-refractivity contribution >= 4 is 108 Å². The smallest absolute Gasteiger partial charge is 0.0794 e. The molecule has 0 aliphatic carbocycles. The Kier molecular flexibility index (Phi) is 8.39. The molecule has 2 heteroatoms. The Labute approximate surface area is 403 Å². The van der Waals surface area contributed by atoms with E-state index in [0.29, 0.717) is 0 Å². The Hall–Kier alpha value is -9.24. The van der Waals surface area contributed by atoms with Crippen LogP contribution in [-0.4, -0.2) is 9.97 Å². The molecule has 2 aromatic heterocycles. The molecule has 0 unspecified atom stereocenters. The summed E-state index contributed by atoms with van der Waals surface area (Å²) in [6, 6.07) is 89.1.